The van der Waals surface area contributed by atoms with Crippen molar-refractivity contribution in [2.75, 3.05) is 6.54 Å². The predicted molar refractivity (Wildman–Crippen MR) is 74.0 cm³/mol. The van der Waals surface area contributed by atoms with Gasteiger partial charge < -0.3 is 10.5 Å². The lowest BCUT2D eigenvalue weighted by Crippen LogP contribution is -2.09. The van der Waals surface area contributed by atoms with Gasteiger partial charge in [-0.1, -0.05) is 0 Å². The summed E-state index contributed by atoms with van der Waals surface area (Å²) in [7, 11) is 1.92. The Kier molecular flexibility index (Phi) is 4.16. The third-order valence-electron chi connectivity index (χ3n) is 2.93. The molecule has 0 spiro atoms. The molecule has 0 saturated heterocycles. The summed E-state index contributed by atoms with van der Waals surface area (Å²) >= 11 is 0. The first kappa shape index (κ1) is 13.5. The van der Waals surface area contributed by atoms with Crippen LogP contribution >= 0.6 is 0 Å². The second-order valence-corrected chi connectivity index (χ2v) is 4.63. The lowest BCUT2D eigenvalue weighted by atomic mass is 10.2. The monoisotopic (exact) mass is 260 g/mol. The van der Waals surface area contributed by atoms with Crippen LogP contribution in [0, 0.1) is 13.8 Å². The number of ether oxygens (including phenoxy) is 1. The minimum atomic E-state index is 0.486. The molecule has 0 amide bonds. The van der Waals surface area contributed by atoms with Gasteiger partial charge in [0.1, 0.15) is 12.4 Å². The normalized spacial score (nSPS) is 10.7. The average Bonchev–Trinajstić information content (AvgIpc) is 2.67. The first-order valence-electron chi connectivity index (χ1n) is 6.39. The zero-order chi connectivity index (χ0) is 13.8. The van der Waals surface area contributed by atoms with Crippen molar-refractivity contribution >= 4 is 0 Å². The lowest BCUT2D eigenvalue weighted by molar-refractivity contribution is 0.290. The first-order chi connectivity index (χ1) is 9.10. The molecule has 0 aliphatic rings. The average molecular weight is 260 g/mol. The third kappa shape index (κ3) is 3.32. The van der Waals surface area contributed by atoms with Crippen molar-refractivity contribution in [3.05, 3.63) is 41.0 Å². The molecular formula is C14H20N4O. The summed E-state index contributed by atoms with van der Waals surface area (Å²) < 4.78 is 7.68. The summed E-state index contributed by atoms with van der Waals surface area (Å²) in [4.78, 5) is 4.48. The smallest absolute Gasteiger partial charge is 0.141 e. The molecule has 2 rings (SSSR count). The number of rotatable bonds is 5. The molecule has 2 N–H and O–H groups in total. The van der Waals surface area contributed by atoms with Crippen LogP contribution in [0.1, 0.15) is 22.8 Å². The molecule has 0 bridgehead atoms. The van der Waals surface area contributed by atoms with Gasteiger partial charge in [-0.25, -0.2) is 0 Å². The van der Waals surface area contributed by atoms with E-state index in [1.807, 2.05) is 43.8 Å². The molecule has 2 aromatic heterocycles. The highest BCUT2D eigenvalue weighted by Gasteiger charge is 2.08. The summed E-state index contributed by atoms with van der Waals surface area (Å²) in [5.74, 6) is 0.801. The molecule has 5 nitrogen and oxygen atoms in total. The van der Waals surface area contributed by atoms with Crippen molar-refractivity contribution < 1.29 is 4.74 Å². The van der Waals surface area contributed by atoms with Crippen molar-refractivity contribution in [2.45, 2.75) is 26.9 Å². The van der Waals surface area contributed by atoms with Crippen molar-refractivity contribution in [1.82, 2.24) is 14.8 Å². The van der Waals surface area contributed by atoms with Gasteiger partial charge in [-0.3, -0.25) is 9.67 Å². The molecule has 0 aromatic carbocycles. The van der Waals surface area contributed by atoms with Crippen LogP contribution in [0.4, 0.5) is 0 Å². The maximum atomic E-state index is 5.85. The van der Waals surface area contributed by atoms with Crippen molar-refractivity contribution in [3.63, 3.8) is 0 Å². The van der Waals surface area contributed by atoms with E-state index in [0.29, 0.717) is 13.2 Å². The standard InChI is InChI=1S/C14H20N4O/c1-10-4-5-14(13(16-10)6-7-15)19-9-12-8-11(2)17-18(12)3/h4-5,8H,6-7,9,15H2,1-3H3. The highest BCUT2D eigenvalue weighted by molar-refractivity contribution is 5.29. The SMILES string of the molecule is Cc1ccc(OCc2cc(C)nn2C)c(CCN)n1. The van der Waals surface area contributed by atoms with Gasteiger partial charge in [0, 0.05) is 19.2 Å². The Morgan fingerprint density at radius 2 is 2.05 bits per heavy atom. The Morgan fingerprint density at radius 1 is 1.26 bits per heavy atom. The fourth-order valence-corrected chi connectivity index (χ4v) is 2.00. The maximum Gasteiger partial charge on any atom is 0.141 e. The minimum absolute atomic E-state index is 0.486. The molecular weight excluding hydrogens is 240 g/mol. The van der Waals surface area contributed by atoms with Crippen molar-refractivity contribution in [1.29, 1.82) is 0 Å². The second-order valence-electron chi connectivity index (χ2n) is 4.63. The Balaban J connectivity index is 2.12. The van der Waals surface area contributed by atoms with Crippen LogP contribution < -0.4 is 10.5 Å². The van der Waals surface area contributed by atoms with E-state index >= 15 is 0 Å². The van der Waals surface area contributed by atoms with Gasteiger partial charge in [0.15, 0.2) is 0 Å². The number of nitrogens with two attached hydrogens (primary N) is 1. The third-order valence-corrected chi connectivity index (χ3v) is 2.93. The van der Waals surface area contributed by atoms with Crippen LogP contribution in [0.2, 0.25) is 0 Å². The predicted octanol–water partition coefficient (Wildman–Crippen LogP) is 1.51. The molecule has 2 aromatic rings. The quantitative estimate of drug-likeness (QED) is 0.885. The molecule has 0 aliphatic heterocycles. The number of hydrogen-bond acceptors (Lipinski definition) is 4. The van der Waals surface area contributed by atoms with Crippen LogP contribution in [0.3, 0.4) is 0 Å². The summed E-state index contributed by atoms with van der Waals surface area (Å²) in [6.07, 6.45) is 0.724. The molecule has 0 atom stereocenters. The lowest BCUT2D eigenvalue weighted by Gasteiger charge is -2.11. The molecule has 19 heavy (non-hydrogen) atoms. The van der Waals surface area contributed by atoms with Crippen molar-refractivity contribution in [2.24, 2.45) is 12.8 Å². The second kappa shape index (κ2) is 5.84. The van der Waals surface area contributed by atoms with Gasteiger partial charge in [0.05, 0.1) is 17.1 Å². The fraction of sp³-hybridized carbons (Fsp3) is 0.429. The van der Waals surface area contributed by atoms with E-state index in [1.165, 1.54) is 0 Å². The van der Waals surface area contributed by atoms with E-state index in [2.05, 4.69) is 10.1 Å². The summed E-state index contributed by atoms with van der Waals surface area (Å²) in [6.45, 7) is 4.99. The summed E-state index contributed by atoms with van der Waals surface area (Å²) in [5, 5.41) is 4.30. The van der Waals surface area contributed by atoms with Gasteiger partial charge in [0.2, 0.25) is 0 Å². The Morgan fingerprint density at radius 3 is 2.68 bits per heavy atom. The molecule has 0 fully saturated rings. The Hall–Kier alpha value is -1.88. The maximum absolute atomic E-state index is 5.85. The van der Waals surface area contributed by atoms with E-state index < -0.39 is 0 Å². The molecule has 2 heterocycles. The highest BCUT2D eigenvalue weighted by Crippen LogP contribution is 2.19. The molecule has 0 aliphatic carbocycles. The molecule has 0 saturated carbocycles. The van der Waals surface area contributed by atoms with Crippen LogP contribution in [0.15, 0.2) is 18.2 Å². The Bertz CT molecular complexity index is 563. The Labute approximate surface area is 113 Å². The highest BCUT2D eigenvalue weighted by atomic mass is 16.5. The van der Waals surface area contributed by atoms with E-state index in [1.54, 1.807) is 0 Å². The largest absolute Gasteiger partial charge is 0.485 e. The topological polar surface area (TPSA) is 66.0 Å². The fourth-order valence-electron chi connectivity index (χ4n) is 2.00. The van der Waals surface area contributed by atoms with E-state index in [9.17, 15) is 0 Å². The van der Waals surface area contributed by atoms with Crippen LogP contribution in [0.5, 0.6) is 5.75 Å². The van der Waals surface area contributed by atoms with Gasteiger partial charge in [-0.2, -0.15) is 5.10 Å². The number of pyridine rings is 1. The van der Waals surface area contributed by atoms with Gasteiger partial charge >= 0.3 is 0 Å². The summed E-state index contributed by atoms with van der Waals surface area (Å²) in [6, 6.07) is 5.92. The molecule has 0 unspecified atom stereocenters. The number of aromatic nitrogens is 3. The molecule has 5 heteroatoms. The zero-order valence-corrected chi connectivity index (χ0v) is 11.7. The zero-order valence-electron chi connectivity index (χ0n) is 11.7. The van der Waals surface area contributed by atoms with Gasteiger partial charge in [-0.15, -0.1) is 0 Å². The van der Waals surface area contributed by atoms with Crippen LogP contribution in [0.25, 0.3) is 0 Å². The molecule has 0 radical (unpaired) electrons. The van der Waals surface area contributed by atoms with E-state index in [-0.39, 0.29) is 0 Å². The van der Waals surface area contributed by atoms with E-state index in [0.717, 1.165) is 34.9 Å². The van der Waals surface area contributed by atoms with Crippen LogP contribution in [-0.4, -0.2) is 21.3 Å². The number of aryl methyl sites for hydroxylation is 3. The van der Waals surface area contributed by atoms with Crippen LogP contribution in [-0.2, 0) is 20.1 Å². The minimum Gasteiger partial charge on any atom is -0.485 e. The van der Waals surface area contributed by atoms with Gasteiger partial charge in [0.25, 0.3) is 0 Å². The van der Waals surface area contributed by atoms with E-state index in [4.69, 9.17) is 10.5 Å². The number of hydrogen-bond donors (Lipinski definition) is 1. The number of nitrogens with zero attached hydrogens (tertiary/aromatic N) is 3. The van der Waals surface area contributed by atoms with Gasteiger partial charge in [-0.05, 0) is 38.6 Å². The first-order valence-corrected chi connectivity index (χ1v) is 6.39. The molecule has 102 valence electrons. The van der Waals surface area contributed by atoms with Crippen molar-refractivity contribution in [3.8, 4) is 5.75 Å². The summed E-state index contributed by atoms with van der Waals surface area (Å²) in [5.41, 5.74) is 9.53.